The van der Waals surface area contributed by atoms with Gasteiger partial charge in [-0.25, -0.2) is 0 Å². The maximum atomic E-state index is 11.6. The van der Waals surface area contributed by atoms with Gasteiger partial charge in [0.2, 0.25) is 0 Å². The molecule has 0 aliphatic heterocycles. The van der Waals surface area contributed by atoms with Crippen LogP contribution in [0, 0.1) is 5.41 Å². The molecule has 0 fully saturated rings. The molecule has 0 radical (unpaired) electrons. The predicted molar refractivity (Wildman–Crippen MR) is 100 cm³/mol. The van der Waals surface area contributed by atoms with Crippen LogP contribution in [-0.2, 0) is 9.53 Å². The van der Waals surface area contributed by atoms with E-state index in [4.69, 9.17) is 4.74 Å². The Morgan fingerprint density at radius 2 is 1.30 bits per heavy atom. The Balaban J connectivity index is 3.94. The molecule has 0 heterocycles. The van der Waals surface area contributed by atoms with Crippen molar-refractivity contribution < 1.29 is 9.53 Å². The van der Waals surface area contributed by atoms with Crippen molar-refractivity contribution in [3.63, 3.8) is 0 Å². The fraction of sp³-hybridized carbons (Fsp3) is 0.667. The van der Waals surface area contributed by atoms with Crippen molar-refractivity contribution in [2.75, 3.05) is 6.61 Å². The Morgan fingerprint density at radius 1 is 0.826 bits per heavy atom. The van der Waals surface area contributed by atoms with Gasteiger partial charge >= 0.3 is 5.97 Å². The van der Waals surface area contributed by atoms with Crippen LogP contribution < -0.4 is 0 Å². The summed E-state index contributed by atoms with van der Waals surface area (Å²) in [5.41, 5.74) is 3.82. The second-order valence-electron chi connectivity index (χ2n) is 7.63. The first-order valence-corrected chi connectivity index (χ1v) is 8.74. The van der Waals surface area contributed by atoms with Gasteiger partial charge in [0.1, 0.15) is 0 Å². The Morgan fingerprint density at radius 3 is 1.78 bits per heavy atom. The normalized spacial score (nSPS) is 13.0. The number of hydrogen-bond donors (Lipinski definition) is 0. The van der Waals surface area contributed by atoms with Crippen LogP contribution >= 0.6 is 0 Å². The van der Waals surface area contributed by atoms with Crippen molar-refractivity contribution in [1.29, 1.82) is 0 Å². The summed E-state index contributed by atoms with van der Waals surface area (Å²) < 4.78 is 5.26. The number of carbonyl (C=O) groups excluding carboxylic acids is 1. The van der Waals surface area contributed by atoms with E-state index in [0.29, 0.717) is 6.61 Å². The van der Waals surface area contributed by atoms with Gasteiger partial charge in [0.05, 0.1) is 12.0 Å². The van der Waals surface area contributed by atoms with Crippen LogP contribution in [0.25, 0.3) is 0 Å². The van der Waals surface area contributed by atoms with Gasteiger partial charge in [0.15, 0.2) is 0 Å². The first kappa shape index (κ1) is 21.7. The summed E-state index contributed by atoms with van der Waals surface area (Å²) in [6, 6.07) is 0. The van der Waals surface area contributed by atoms with E-state index in [1.807, 2.05) is 20.8 Å². The Bertz CT molecular complexity index is 441. The van der Waals surface area contributed by atoms with E-state index in [9.17, 15) is 4.79 Å². The van der Waals surface area contributed by atoms with Crippen LogP contribution in [0.4, 0.5) is 0 Å². The molecule has 132 valence electrons. The summed E-state index contributed by atoms with van der Waals surface area (Å²) in [5, 5.41) is 0. The molecule has 0 aromatic rings. The molecule has 2 nitrogen and oxygen atoms in total. The molecule has 0 aromatic carbocycles. The summed E-state index contributed by atoms with van der Waals surface area (Å²) >= 11 is 0. The quantitative estimate of drug-likeness (QED) is 0.280. The number of carbonyl (C=O) groups is 1. The summed E-state index contributed by atoms with van der Waals surface area (Å²) in [6.07, 6.45) is 12.1. The van der Waals surface area contributed by atoms with E-state index in [1.54, 1.807) is 0 Å². The average Bonchev–Trinajstić information content (AvgIpc) is 2.41. The van der Waals surface area contributed by atoms with E-state index in [0.717, 1.165) is 32.1 Å². The molecule has 0 spiro atoms. The molecule has 0 saturated heterocycles. The van der Waals surface area contributed by atoms with Gasteiger partial charge in [-0.3, -0.25) is 4.79 Å². The molecule has 2 heteroatoms. The first-order valence-electron chi connectivity index (χ1n) is 8.74. The minimum Gasteiger partial charge on any atom is -0.465 e. The van der Waals surface area contributed by atoms with Crippen molar-refractivity contribution in [2.45, 2.75) is 80.6 Å². The van der Waals surface area contributed by atoms with Crippen LogP contribution in [-0.4, -0.2) is 12.6 Å². The second kappa shape index (κ2) is 11.3. The summed E-state index contributed by atoms with van der Waals surface area (Å²) in [4.78, 5) is 11.6. The highest BCUT2D eigenvalue weighted by Gasteiger charge is 2.22. The Hall–Kier alpha value is -1.31. The monoisotopic (exact) mass is 320 g/mol. The lowest BCUT2D eigenvalue weighted by Gasteiger charge is -2.16. The lowest BCUT2D eigenvalue weighted by Crippen LogP contribution is -2.23. The molecular weight excluding hydrogens is 284 g/mol. The fourth-order valence-electron chi connectivity index (χ4n) is 2.01. The molecule has 23 heavy (non-hydrogen) atoms. The van der Waals surface area contributed by atoms with Crippen LogP contribution in [0.2, 0.25) is 0 Å². The van der Waals surface area contributed by atoms with Crippen LogP contribution in [0.3, 0.4) is 0 Å². The molecule has 0 unspecified atom stereocenters. The Labute approximate surface area is 143 Å². The summed E-state index contributed by atoms with van der Waals surface area (Å²) in [5.74, 6) is -0.126. The van der Waals surface area contributed by atoms with E-state index >= 15 is 0 Å². The number of allylic oxidation sites excluding steroid dienone is 5. The minimum atomic E-state index is -0.410. The smallest absolute Gasteiger partial charge is 0.311 e. The molecule has 0 aliphatic carbocycles. The zero-order chi connectivity index (χ0) is 17.9. The largest absolute Gasteiger partial charge is 0.465 e. The third-order valence-corrected chi connectivity index (χ3v) is 3.58. The molecule has 0 N–H and O–H groups in total. The van der Waals surface area contributed by atoms with Crippen molar-refractivity contribution in [2.24, 2.45) is 5.41 Å². The highest BCUT2D eigenvalue weighted by molar-refractivity contribution is 5.75. The van der Waals surface area contributed by atoms with E-state index in [1.165, 1.54) is 16.7 Å². The first-order chi connectivity index (χ1) is 10.6. The molecule has 0 saturated carbocycles. The molecule has 0 aromatic heterocycles. The fourth-order valence-corrected chi connectivity index (χ4v) is 2.01. The third-order valence-electron chi connectivity index (χ3n) is 3.58. The van der Waals surface area contributed by atoms with Crippen LogP contribution in [0.15, 0.2) is 34.9 Å². The van der Waals surface area contributed by atoms with Crippen molar-refractivity contribution in [1.82, 2.24) is 0 Å². The zero-order valence-corrected chi connectivity index (χ0v) is 16.3. The van der Waals surface area contributed by atoms with Gasteiger partial charge in [-0.2, -0.15) is 0 Å². The predicted octanol–water partition coefficient (Wildman–Crippen LogP) is 6.39. The summed E-state index contributed by atoms with van der Waals surface area (Å²) in [6.45, 7) is 14.8. The van der Waals surface area contributed by atoms with Gasteiger partial charge in [-0.15, -0.1) is 0 Å². The number of ether oxygens (including phenoxy) is 1. The van der Waals surface area contributed by atoms with Crippen LogP contribution in [0.5, 0.6) is 0 Å². The van der Waals surface area contributed by atoms with Gasteiger partial charge < -0.3 is 4.74 Å². The summed E-state index contributed by atoms with van der Waals surface area (Å²) in [7, 11) is 0. The van der Waals surface area contributed by atoms with Crippen molar-refractivity contribution in [3.05, 3.63) is 34.9 Å². The topological polar surface area (TPSA) is 26.3 Å². The van der Waals surface area contributed by atoms with Crippen LogP contribution in [0.1, 0.15) is 80.6 Å². The highest BCUT2D eigenvalue weighted by Crippen LogP contribution is 2.15. The SMILES string of the molecule is CC(C)=CCC/C(C)=C/CCC(C)=CCCOC(=O)C(C)(C)C. The molecule has 0 aliphatic rings. The maximum Gasteiger partial charge on any atom is 0.311 e. The standard InChI is InChI=1S/C21H36O2/c1-17(2)11-8-12-18(3)13-9-14-19(4)15-10-16-23-20(22)21(5,6)7/h11,13,15H,8-10,12,14,16H2,1-7H3/b18-13+,19-15?. The van der Waals surface area contributed by atoms with Gasteiger partial charge in [0.25, 0.3) is 0 Å². The molecular formula is C21H36O2. The van der Waals surface area contributed by atoms with Gasteiger partial charge in [-0.1, -0.05) is 34.9 Å². The van der Waals surface area contributed by atoms with E-state index < -0.39 is 5.41 Å². The molecule has 0 atom stereocenters. The van der Waals surface area contributed by atoms with E-state index in [-0.39, 0.29) is 5.97 Å². The number of esters is 1. The lowest BCUT2D eigenvalue weighted by molar-refractivity contribution is -0.152. The second-order valence-corrected chi connectivity index (χ2v) is 7.63. The lowest BCUT2D eigenvalue weighted by atomic mass is 9.97. The molecule has 0 bridgehead atoms. The maximum absolute atomic E-state index is 11.6. The number of rotatable bonds is 9. The van der Waals surface area contributed by atoms with Crippen molar-refractivity contribution in [3.8, 4) is 0 Å². The molecule has 0 amide bonds. The molecule has 0 rings (SSSR count). The minimum absolute atomic E-state index is 0.126. The van der Waals surface area contributed by atoms with Crippen molar-refractivity contribution >= 4 is 5.97 Å². The van der Waals surface area contributed by atoms with Gasteiger partial charge in [-0.05, 0) is 80.6 Å². The Kier molecular flexibility index (Phi) is 10.6. The zero-order valence-electron chi connectivity index (χ0n) is 16.3. The number of hydrogen-bond acceptors (Lipinski definition) is 2. The average molecular weight is 321 g/mol. The van der Waals surface area contributed by atoms with E-state index in [2.05, 4.69) is 45.9 Å². The third kappa shape index (κ3) is 12.9. The highest BCUT2D eigenvalue weighted by atomic mass is 16.5. The van der Waals surface area contributed by atoms with Gasteiger partial charge in [0, 0.05) is 0 Å².